The van der Waals surface area contributed by atoms with E-state index >= 15 is 0 Å². The molecule has 1 heterocycles. The Morgan fingerprint density at radius 2 is 1.80 bits per heavy atom. The molecule has 3 rings (SSSR count). The van der Waals surface area contributed by atoms with Crippen molar-refractivity contribution in [3.05, 3.63) is 71.4 Å². The van der Waals surface area contributed by atoms with Gasteiger partial charge in [0.15, 0.2) is 0 Å². The number of hydrogen-bond donors (Lipinski definition) is 1. The van der Waals surface area contributed by atoms with Crippen molar-refractivity contribution in [3.8, 4) is 11.3 Å². The van der Waals surface area contributed by atoms with Crippen LogP contribution in [0.4, 0.5) is 5.69 Å². The quantitative estimate of drug-likeness (QED) is 0.414. The Balaban J connectivity index is 1.99. The highest BCUT2D eigenvalue weighted by atomic mass is 32.2. The molecule has 1 N–H and O–H groups in total. The summed E-state index contributed by atoms with van der Waals surface area (Å²) in [5.74, 6) is -0.518. The number of benzene rings is 2. The lowest BCUT2D eigenvalue weighted by atomic mass is 10.1. The van der Waals surface area contributed by atoms with Crippen LogP contribution in [-0.4, -0.2) is 29.3 Å². The summed E-state index contributed by atoms with van der Waals surface area (Å²) in [6, 6.07) is 17.5. The average Bonchev–Trinajstić information content (AvgIpc) is 2.98. The maximum absolute atomic E-state index is 12.9. The smallest absolute Gasteiger partial charge is 0.340 e. The van der Waals surface area contributed by atoms with E-state index in [2.05, 4.69) is 5.32 Å². The molecule has 0 aliphatic heterocycles. The maximum atomic E-state index is 12.9. The second-order valence-corrected chi connectivity index (χ2v) is 7.77. The maximum Gasteiger partial charge on any atom is 0.340 e. The molecule has 0 fully saturated rings. The van der Waals surface area contributed by atoms with Crippen LogP contribution in [0.1, 0.15) is 28.5 Å². The van der Waals surface area contributed by atoms with Crippen molar-refractivity contribution in [1.29, 1.82) is 0 Å². The molecule has 0 aliphatic carbocycles. The van der Waals surface area contributed by atoms with Crippen LogP contribution in [0.25, 0.3) is 11.3 Å². The lowest BCUT2D eigenvalue weighted by Gasteiger charge is -2.13. The normalized spacial score (nSPS) is 10.7. The van der Waals surface area contributed by atoms with Gasteiger partial charge in [-0.1, -0.05) is 36.4 Å². The van der Waals surface area contributed by atoms with Crippen molar-refractivity contribution in [2.24, 2.45) is 0 Å². The van der Waals surface area contributed by atoms with Crippen LogP contribution in [0.15, 0.2) is 59.5 Å². The molecule has 6 heteroatoms. The monoisotopic (exact) mass is 422 g/mol. The number of nitrogens with zero attached hydrogens (tertiary/aromatic N) is 1. The van der Waals surface area contributed by atoms with Gasteiger partial charge in [-0.05, 0) is 56.4 Å². The van der Waals surface area contributed by atoms with Crippen molar-refractivity contribution in [2.45, 2.75) is 32.2 Å². The fraction of sp³-hybridized carbons (Fsp3) is 0.250. The number of hydrogen-bond acceptors (Lipinski definition) is 4. The number of carbonyl (C=O) groups is 2. The number of ether oxygens (including phenoxy) is 1. The summed E-state index contributed by atoms with van der Waals surface area (Å²) < 4.78 is 7.16. The summed E-state index contributed by atoms with van der Waals surface area (Å²) in [6.45, 7) is 5.94. The molecule has 0 saturated heterocycles. The highest BCUT2D eigenvalue weighted by Crippen LogP contribution is 2.32. The molecule has 2 aromatic carbocycles. The lowest BCUT2D eigenvalue weighted by Crippen LogP contribution is -2.20. The van der Waals surface area contributed by atoms with E-state index in [9.17, 15) is 9.59 Å². The van der Waals surface area contributed by atoms with E-state index in [1.807, 2.05) is 79.3 Å². The standard InChI is InChI=1S/C24H26N2O3S/c1-5-29-24(28)22-16(2)23(18-10-7-6-8-11-18)26(17(22)3)15-21(27)25-19-12-9-13-20(14-19)30-4/h6-14H,5,15H2,1-4H3,(H,25,27). The molecule has 1 amide bonds. The van der Waals surface area contributed by atoms with E-state index in [-0.39, 0.29) is 18.4 Å². The zero-order valence-corrected chi connectivity index (χ0v) is 18.5. The Morgan fingerprint density at radius 3 is 2.47 bits per heavy atom. The summed E-state index contributed by atoms with van der Waals surface area (Å²) in [5.41, 5.74) is 4.61. The number of anilines is 1. The van der Waals surface area contributed by atoms with Crippen molar-refractivity contribution in [3.63, 3.8) is 0 Å². The Bertz CT molecular complexity index is 1060. The number of aromatic nitrogens is 1. The molecule has 1 aromatic heterocycles. The van der Waals surface area contributed by atoms with Gasteiger partial charge in [0.1, 0.15) is 6.54 Å². The van der Waals surface area contributed by atoms with Gasteiger partial charge in [-0.3, -0.25) is 4.79 Å². The van der Waals surface area contributed by atoms with E-state index in [1.54, 1.807) is 18.7 Å². The Kier molecular flexibility index (Phi) is 7.00. The fourth-order valence-electron chi connectivity index (χ4n) is 3.61. The first-order chi connectivity index (χ1) is 14.5. The van der Waals surface area contributed by atoms with Gasteiger partial charge in [0.25, 0.3) is 0 Å². The van der Waals surface area contributed by atoms with Gasteiger partial charge in [0.2, 0.25) is 5.91 Å². The zero-order valence-electron chi connectivity index (χ0n) is 17.7. The Labute approximate surface area is 181 Å². The molecule has 0 aliphatic rings. The van der Waals surface area contributed by atoms with Gasteiger partial charge in [-0.15, -0.1) is 11.8 Å². The summed E-state index contributed by atoms with van der Waals surface area (Å²) in [7, 11) is 0. The molecule has 0 radical (unpaired) electrons. The first-order valence-electron chi connectivity index (χ1n) is 9.82. The molecule has 3 aromatic rings. The number of rotatable bonds is 7. The largest absolute Gasteiger partial charge is 0.462 e. The molecule has 0 saturated carbocycles. The van der Waals surface area contributed by atoms with Crippen LogP contribution in [-0.2, 0) is 16.1 Å². The predicted octanol–water partition coefficient (Wildman–Crippen LogP) is 5.31. The van der Waals surface area contributed by atoms with Crippen LogP contribution in [0.2, 0.25) is 0 Å². The van der Waals surface area contributed by atoms with E-state index in [0.717, 1.165) is 33.1 Å². The number of carbonyl (C=O) groups excluding carboxylic acids is 2. The molecule has 0 atom stereocenters. The van der Waals surface area contributed by atoms with Crippen LogP contribution >= 0.6 is 11.8 Å². The molecule has 0 bridgehead atoms. The van der Waals surface area contributed by atoms with Crippen molar-refractivity contribution in [2.75, 3.05) is 18.2 Å². The van der Waals surface area contributed by atoms with E-state index in [4.69, 9.17) is 4.74 Å². The zero-order chi connectivity index (χ0) is 21.7. The molecule has 5 nitrogen and oxygen atoms in total. The second-order valence-electron chi connectivity index (χ2n) is 6.89. The third-order valence-electron chi connectivity index (χ3n) is 4.95. The van der Waals surface area contributed by atoms with Crippen LogP contribution in [0, 0.1) is 13.8 Å². The summed E-state index contributed by atoms with van der Waals surface area (Å²) in [5, 5.41) is 2.96. The minimum Gasteiger partial charge on any atom is -0.462 e. The van der Waals surface area contributed by atoms with Crippen molar-refractivity contribution >= 4 is 29.3 Å². The first kappa shape index (κ1) is 21.7. The number of amides is 1. The lowest BCUT2D eigenvalue weighted by molar-refractivity contribution is -0.116. The van der Waals surface area contributed by atoms with Crippen molar-refractivity contribution < 1.29 is 14.3 Å². The number of thioether (sulfide) groups is 1. The number of nitrogens with one attached hydrogen (secondary N) is 1. The fourth-order valence-corrected chi connectivity index (χ4v) is 4.07. The summed E-state index contributed by atoms with van der Waals surface area (Å²) >= 11 is 1.62. The SMILES string of the molecule is CCOC(=O)c1c(C)c(-c2ccccc2)n(CC(=O)Nc2cccc(SC)c2)c1C. The van der Waals surface area contributed by atoms with Gasteiger partial charge >= 0.3 is 5.97 Å². The third-order valence-corrected chi connectivity index (χ3v) is 5.67. The molecule has 0 unspecified atom stereocenters. The molecular weight excluding hydrogens is 396 g/mol. The Hall–Kier alpha value is -2.99. The van der Waals surface area contributed by atoms with E-state index < -0.39 is 0 Å². The predicted molar refractivity (Wildman–Crippen MR) is 122 cm³/mol. The van der Waals surface area contributed by atoms with E-state index in [0.29, 0.717) is 12.2 Å². The molecular formula is C24H26N2O3S. The van der Waals surface area contributed by atoms with Crippen LogP contribution in [0.3, 0.4) is 0 Å². The van der Waals surface area contributed by atoms with Gasteiger partial charge < -0.3 is 14.6 Å². The average molecular weight is 423 g/mol. The molecule has 0 spiro atoms. The van der Waals surface area contributed by atoms with Gasteiger partial charge in [-0.25, -0.2) is 4.79 Å². The highest BCUT2D eigenvalue weighted by Gasteiger charge is 2.25. The van der Waals surface area contributed by atoms with Crippen LogP contribution in [0.5, 0.6) is 0 Å². The minimum absolute atomic E-state index is 0.0970. The van der Waals surface area contributed by atoms with Crippen LogP contribution < -0.4 is 5.32 Å². The third kappa shape index (κ3) is 4.60. The summed E-state index contributed by atoms with van der Waals surface area (Å²) in [6.07, 6.45) is 2.00. The van der Waals surface area contributed by atoms with Gasteiger partial charge in [-0.2, -0.15) is 0 Å². The first-order valence-corrected chi connectivity index (χ1v) is 11.0. The van der Waals surface area contributed by atoms with Gasteiger partial charge in [0, 0.05) is 16.3 Å². The second kappa shape index (κ2) is 9.67. The highest BCUT2D eigenvalue weighted by molar-refractivity contribution is 7.98. The van der Waals surface area contributed by atoms with Crippen molar-refractivity contribution in [1.82, 2.24) is 4.57 Å². The minimum atomic E-state index is -0.364. The molecule has 156 valence electrons. The van der Waals surface area contributed by atoms with Gasteiger partial charge in [0.05, 0.1) is 17.9 Å². The number of esters is 1. The summed E-state index contributed by atoms with van der Waals surface area (Å²) in [4.78, 5) is 26.5. The molecule has 30 heavy (non-hydrogen) atoms. The topological polar surface area (TPSA) is 60.3 Å². The van der Waals surface area contributed by atoms with E-state index in [1.165, 1.54) is 0 Å². The Morgan fingerprint density at radius 1 is 1.07 bits per heavy atom.